The van der Waals surface area contributed by atoms with Crippen LogP contribution in [0, 0.1) is 5.92 Å². The third-order valence-electron chi connectivity index (χ3n) is 3.17. The summed E-state index contributed by atoms with van der Waals surface area (Å²) in [7, 11) is 0. The van der Waals surface area contributed by atoms with Gasteiger partial charge in [-0.15, -0.1) is 0 Å². The lowest BCUT2D eigenvalue weighted by Crippen LogP contribution is -2.55. The van der Waals surface area contributed by atoms with Crippen molar-refractivity contribution in [2.45, 2.75) is 32.9 Å². The van der Waals surface area contributed by atoms with Gasteiger partial charge in [0.15, 0.2) is 0 Å². The molecule has 0 saturated carbocycles. The minimum Gasteiger partial charge on any atom is -0.480 e. The molecule has 104 valence electrons. The zero-order valence-electron chi connectivity index (χ0n) is 11.3. The Morgan fingerprint density at radius 2 is 1.89 bits per heavy atom. The summed E-state index contributed by atoms with van der Waals surface area (Å²) < 4.78 is 5.01. The van der Waals surface area contributed by atoms with Crippen molar-refractivity contribution in [3.05, 3.63) is 35.9 Å². The van der Waals surface area contributed by atoms with Crippen LogP contribution in [0.1, 0.15) is 26.3 Å². The summed E-state index contributed by atoms with van der Waals surface area (Å²) in [5, 5.41) is 11.6. The molecule has 1 aromatic carbocycles. The van der Waals surface area contributed by atoms with Crippen LogP contribution in [0.4, 0.5) is 4.79 Å². The number of hydrogen-bond donors (Lipinski definition) is 2. The largest absolute Gasteiger partial charge is 0.480 e. The van der Waals surface area contributed by atoms with Crippen molar-refractivity contribution in [3.8, 4) is 0 Å². The number of carboxylic acid groups (broad SMARTS) is 1. The highest BCUT2D eigenvalue weighted by Gasteiger charge is 2.38. The van der Waals surface area contributed by atoms with Crippen LogP contribution in [-0.4, -0.2) is 22.7 Å². The summed E-state index contributed by atoms with van der Waals surface area (Å²) in [4.78, 5) is 22.8. The summed E-state index contributed by atoms with van der Waals surface area (Å²) in [5.41, 5.74) is -0.493. The van der Waals surface area contributed by atoms with Gasteiger partial charge in [0.05, 0.1) is 0 Å². The third-order valence-corrected chi connectivity index (χ3v) is 3.17. The molecule has 1 amide bonds. The average molecular weight is 265 g/mol. The van der Waals surface area contributed by atoms with Crippen molar-refractivity contribution in [2.24, 2.45) is 5.92 Å². The lowest BCUT2D eigenvalue weighted by molar-refractivity contribution is -0.145. The second-order valence-corrected chi connectivity index (χ2v) is 4.85. The van der Waals surface area contributed by atoms with Gasteiger partial charge in [0.2, 0.25) is 0 Å². The van der Waals surface area contributed by atoms with Gasteiger partial charge in [0, 0.05) is 0 Å². The van der Waals surface area contributed by atoms with Crippen LogP contribution in [0.3, 0.4) is 0 Å². The van der Waals surface area contributed by atoms with E-state index < -0.39 is 17.6 Å². The van der Waals surface area contributed by atoms with Gasteiger partial charge in [0.1, 0.15) is 12.1 Å². The van der Waals surface area contributed by atoms with Crippen LogP contribution in [-0.2, 0) is 16.1 Å². The molecule has 5 nitrogen and oxygen atoms in total. The maximum Gasteiger partial charge on any atom is 0.408 e. The van der Waals surface area contributed by atoms with Gasteiger partial charge in [-0.1, -0.05) is 44.2 Å². The van der Waals surface area contributed by atoms with E-state index >= 15 is 0 Å². The summed E-state index contributed by atoms with van der Waals surface area (Å²) in [6.45, 7) is 5.03. The van der Waals surface area contributed by atoms with E-state index in [1.807, 2.05) is 30.3 Å². The maximum absolute atomic E-state index is 11.6. The number of amides is 1. The van der Waals surface area contributed by atoms with Crippen LogP contribution >= 0.6 is 0 Å². The van der Waals surface area contributed by atoms with Crippen LogP contribution in [0.15, 0.2) is 30.3 Å². The first-order valence-electron chi connectivity index (χ1n) is 6.08. The molecular weight excluding hydrogens is 246 g/mol. The Morgan fingerprint density at radius 3 is 2.37 bits per heavy atom. The highest BCUT2D eigenvalue weighted by Crippen LogP contribution is 2.17. The van der Waals surface area contributed by atoms with E-state index in [-0.39, 0.29) is 12.5 Å². The Balaban J connectivity index is 2.57. The summed E-state index contributed by atoms with van der Waals surface area (Å²) in [6.07, 6.45) is -0.734. The van der Waals surface area contributed by atoms with Crippen molar-refractivity contribution in [1.29, 1.82) is 0 Å². The van der Waals surface area contributed by atoms with Crippen LogP contribution in [0.5, 0.6) is 0 Å². The van der Waals surface area contributed by atoms with Gasteiger partial charge < -0.3 is 15.2 Å². The summed E-state index contributed by atoms with van der Waals surface area (Å²) in [5.74, 6) is -1.34. The van der Waals surface area contributed by atoms with E-state index in [1.54, 1.807) is 13.8 Å². The number of carboxylic acids is 1. The molecule has 1 unspecified atom stereocenters. The fraction of sp³-hybridized carbons (Fsp3) is 0.429. The number of nitrogens with one attached hydrogen (secondary N) is 1. The average Bonchev–Trinajstić information content (AvgIpc) is 2.37. The number of carbonyl (C=O) groups excluding carboxylic acids is 1. The molecule has 0 aliphatic carbocycles. The van der Waals surface area contributed by atoms with Gasteiger partial charge in [-0.05, 0) is 18.4 Å². The lowest BCUT2D eigenvalue weighted by atomic mass is 9.89. The Morgan fingerprint density at radius 1 is 1.32 bits per heavy atom. The van der Waals surface area contributed by atoms with Crippen molar-refractivity contribution >= 4 is 12.1 Å². The van der Waals surface area contributed by atoms with E-state index in [4.69, 9.17) is 9.84 Å². The first-order chi connectivity index (χ1) is 8.86. The molecule has 0 aliphatic heterocycles. The molecule has 0 radical (unpaired) electrons. The van der Waals surface area contributed by atoms with Crippen LogP contribution in [0.2, 0.25) is 0 Å². The monoisotopic (exact) mass is 265 g/mol. The standard InChI is InChI=1S/C14H19NO4/c1-10(2)14(3,12(16)17)15-13(18)19-9-11-7-5-4-6-8-11/h4-8,10H,9H2,1-3H3,(H,15,18)(H,16,17). The number of rotatable bonds is 5. The molecule has 5 heteroatoms. The molecule has 19 heavy (non-hydrogen) atoms. The van der Waals surface area contributed by atoms with Crippen LogP contribution in [0.25, 0.3) is 0 Å². The van der Waals surface area contributed by atoms with Crippen molar-refractivity contribution < 1.29 is 19.4 Å². The van der Waals surface area contributed by atoms with E-state index in [1.165, 1.54) is 6.92 Å². The zero-order chi connectivity index (χ0) is 14.5. The highest BCUT2D eigenvalue weighted by atomic mass is 16.5. The van der Waals surface area contributed by atoms with E-state index in [2.05, 4.69) is 5.32 Å². The lowest BCUT2D eigenvalue weighted by Gasteiger charge is -2.29. The van der Waals surface area contributed by atoms with Gasteiger partial charge in [-0.2, -0.15) is 0 Å². The number of ether oxygens (including phenoxy) is 1. The zero-order valence-corrected chi connectivity index (χ0v) is 11.3. The quantitative estimate of drug-likeness (QED) is 0.857. The minimum atomic E-state index is -1.34. The second-order valence-electron chi connectivity index (χ2n) is 4.85. The molecule has 0 spiro atoms. The highest BCUT2D eigenvalue weighted by molar-refractivity contribution is 5.84. The number of benzene rings is 1. The third kappa shape index (κ3) is 3.98. The summed E-state index contributed by atoms with van der Waals surface area (Å²) in [6, 6.07) is 9.19. The molecule has 0 aromatic heterocycles. The Bertz CT molecular complexity index is 444. The van der Waals surface area contributed by atoms with Gasteiger partial charge in [-0.25, -0.2) is 9.59 Å². The van der Waals surface area contributed by atoms with Crippen molar-refractivity contribution in [3.63, 3.8) is 0 Å². The SMILES string of the molecule is CC(C)C(C)(NC(=O)OCc1ccccc1)C(=O)O. The fourth-order valence-corrected chi connectivity index (χ4v) is 1.42. The number of alkyl carbamates (subject to hydrolysis) is 1. The van der Waals surface area contributed by atoms with Crippen molar-refractivity contribution in [2.75, 3.05) is 0 Å². The first-order valence-corrected chi connectivity index (χ1v) is 6.08. The fourth-order valence-electron chi connectivity index (χ4n) is 1.42. The molecule has 0 heterocycles. The van der Waals surface area contributed by atoms with E-state index in [9.17, 15) is 9.59 Å². The molecular formula is C14H19NO4. The Hall–Kier alpha value is -2.04. The molecule has 1 atom stereocenters. The second kappa shape index (κ2) is 6.22. The molecule has 1 rings (SSSR count). The first kappa shape index (κ1) is 15.0. The normalized spacial score (nSPS) is 13.7. The van der Waals surface area contributed by atoms with Crippen molar-refractivity contribution in [1.82, 2.24) is 5.32 Å². The molecule has 1 aromatic rings. The molecule has 2 N–H and O–H groups in total. The molecule has 0 aliphatic rings. The van der Waals surface area contributed by atoms with Gasteiger partial charge >= 0.3 is 12.1 Å². The molecule has 0 saturated heterocycles. The molecule has 0 bridgehead atoms. The number of aliphatic carboxylic acids is 1. The maximum atomic E-state index is 11.6. The van der Waals surface area contributed by atoms with Crippen LogP contribution < -0.4 is 5.32 Å². The molecule has 0 fully saturated rings. The minimum absolute atomic E-state index is 0.112. The Kier molecular flexibility index (Phi) is 4.92. The van der Waals surface area contributed by atoms with Gasteiger partial charge in [-0.3, -0.25) is 0 Å². The van der Waals surface area contributed by atoms with Gasteiger partial charge in [0.25, 0.3) is 0 Å². The Labute approximate surface area is 112 Å². The van der Waals surface area contributed by atoms with E-state index in [0.717, 1.165) is 5.56 Å². The van der Waals surface area contributed by atoms with E-state index in [0.29, 0.717) is 0 Å². The smallest absolute Gasteiger partial charge is 0.408 e. The topological polar surface area (TPSA) is 75.6 Å². The number of carbonyl (C=O) groups is 2. The predicted octanol–water partition coefficient (Wildman–Crippen LogP) is 2.41. The number of hydrogen-bond acceptors (Lipinski definition) is 3. The summed E-state index contributed by atoms with van der Waals surface area (Å²) >= 11 is 0. The predicted molar refractivity (Wildman–Crippen MR) is 70.6 cm³/mol.